The molecule has 3 aromatic rings. The lowest BCUT2D eigenvalue weighted by Crippen LogP contribution is -1.95. The molecule has 0 aliphatic rings. The van der Waals surface area contributed by atoms with Gasteiger partial charge in [0.05, 0.1) is 17.2 Å². The van der Waals surface area contributed by atoms with Gasteiger partial charge in [0, 0.05) is 29.2 Å². The van der Waals surface area contributed by atoms with Gasteiger partial charge in [-0.2, -0.15) is 5.26 Å². The van der Waals surface area contributed by atoms with Crippen LogP contribution in [0.1, 0.15) is 21.5 Å². The van der Waals surface area contributed by atoms with Crippen molar-refractivity contribution in [3.63, 3.8) is 0 Å². The highest BCUT2D eigenvalue weighted by Gasteiger charge is 2.09. The van der Waals surface area contributed by atoms with Gasteiger partial charge < -0.3 is 9.67 Å². The van der Waals surface area contributed by atoms with Crippen molar-refractivity contribution in [2.45, 2.75) is 6.54 Å². The first-order valence-corrected chi connectivity index (χ1v) is 7.78. The molecule has 4 heteroatoms. The quantitative estimate of drug-likeness (QED) is 0.550. The van der Waals surface area contributed by atoms with Gasteiger partial charge in [-0.3, -0.25) is 0 Å². The number of benzene rings is 2. The summed E-state index contributed by atoms with van der Waals surface area (Å²) in [5, 5.41) is 19.6. The number of carbonyl (C=O) groups is 1. The Morgan fingerprint density at radius 1 is 1.16 bits per heavy atom. The van der Waals surface area contributed by atoms with Crippen LogP contribution >= 0.6 is 0 Å². The zero-order valence-electron chi connectivity index (χ0n) is 13.5. The number of hydrogen-bond acceptors (Lipinski definition) is 2. The van der Waals surface area contributed by atoms with Crippen LogP contribution in [0, 0.1) is 11.3 Å². The first kappa shape index (κ1) is 16.3. The van der Waals surface area contributed by atoms with Crippen molar-refractivity contribution in [2.24, 2.45) is 0 Å². The Morgan fingerprint density at radius 3 is 2.48 bits per heavy atom. The van der Waals surface area contributed by atoms with Crippen molar-refractivity contribution in [3.05, 3.63) is 84.1 Å². The van der Waals surface area contributed by atoms with E-state index in [-0.39, 0.29) is 5.56 Å². The molecule has 25 heavy (non-hydrogen) atoms. The summed E-state index contributed by atoms with van der Waals surface area (Å²) < 4.78 is 2.08. The van der Waals surface area contributed by atoms with Gasteiger partial charge in [-0.1, -0.05) is 36.4 Å². The molecule has 0 bridgehead atoms. The minimum Gasteiger partial charge on any atom is -0.478 e. The zero-order valence-corrected chi connectivity index (χ0v) is 13.5. The van der Waals surface area contributed by atoms with Crippen LogP contribution in [0.15, 0.2) is 67.4 Å². The fourth-order valence-electron chi connectivity index (χ4n) is 2.81. The second kappa shape index (κ2) is 6.90. The van der Waals surface area contributed by atoms with E-state index >= 15 is 0 Å². The van der Waals surface area contributed by atoms with Crippen molar-refractivity contribution in [3.8, 4) is 6.07 Å². The number of nitrogens with zero attached hydrogens (tertiary/aromatic N) is 2. The fourth-order valence-corrected chi connectivity index (χ4v) is 2.81. The van der Waals surface area contributed by atoms with Crippen molar-refractivity contribution in [2.75, 3.05) is 0 Å². The van der Waals surface area contributed by atoms with Crippen LogP contribution in [0.4, 0.5) is 0 Å². The topological polar surface area (TPSA) is 66.0 Å². The van der Waals surface area contributed by atoms with E-state index in [1.165, 1.54) is 12.1 Å². The lowest BCUT2D eigenvalue weighted by molar-refractivity contribution is 0.0697. The molecule has 3 rings (SSSR count). The molecule has 0 aliphatic heterocycles. The number of nitriles is 1. The maximum Gasteiger partial charge on any atom is 0.335 e. The summed E-state index contributed by atoms with van der Waals surface area (Å²) in [5.74, 6) is -0.985. The van der Waals surface area contributed by atoms with Crippen molar-refractivity contribution in [1.29, 1.82) is 5.26 Å². The molecule has 0 unspecified atom stereocenters. The van der Waals surface area contributed by atoms with Crippen LogP contribution < -0.4 is 0 Å². The summed E-state index contributed by atoms with van der Waals surface area (Å²) in [6.07, 6.45) is 5.66. The average Bonchev–Trinajstić information content (AvgIpc) is 2.98. The molecular weight excluding hydrogens is 312 g/mol. The van der Waals surface area contributed by atoms with E-state index in [1.54, 1.807) is 12.1 Å². The molecule has 0 aliphatic carbocycles. The van der Waals surface area contributed by atoms with E-state index in [9.17, 15) is 10.1 Å². The van der Waals surface area contributed by atoms with Gasteiger partial charge in [0.15, 0.2) is 0 Å². The molecule has 1 aromatic heterocycles. The zero-order chi connectivity index (χ0) is 17.8. The normalized spacial score (nSPS) is 11.2. The number of rotatable bonds is 5. The molecule has 0 radical (unpaired) electrons. The highest BCUT2D eigenvalue weighted by atomic mass is 16.4. The van der Waals surface area contributed by atoms with Crippen LogP contribution in [0.25, 0.3) is 22.6 Å². The number of carboxylic acids is 1. The Morgan fingerprint density at radius 2 is 1.84 bits per heavy atom. The molecule has 0 saturated heterocycles. The molecule has 1 heterocycles. The van der Waals surface area contributed by atoms with Gasteiger partial charge >= 0.3 is 5.97 Å². The molecular formula is C21H16N2O2. The number of fused-ring (bicyclic) bond motifs is 1. The monoisotopic (exact) mass is 328 g/mol. The maximum atomic E-state index is 11.0. The van der Waals surface area contributed by atoms with E-state index in [1.807, 2.05) is 42.6 Å². The highest BCUT2D eigenvalue weighted by molar-refractivity contribution is 5.98. The number of carboxylic acid groups (broad SMARTS) is 1. The van der Waals surface area contributed by atoms with Crippen LogP contribution in [0.3, 0.4) is 0 Å². The molecule has 0 saturated carbocycles. The average molecular weight is 328 g/mol. The third-order valence-corrected chi connectivity index (χ3v) is 4.01. The first-order chi connectivity index (χ1) is 12.1. The summed E-state index contributed by atoms with van der Waals surface area (Å²) in [6.45, 7) is 4.47. The largest absolute Gasteiger partial charge is 0.478 e. The highest BCUT2D eigenvalue weighted by Crippen LogP contribution is 2.26. The van der Waals surface area contributed by atoms with Gasteiger partial charge in [0.1, 0.15) is 0 Å². The predicted molar refractivity (Wildman–Crippen MR) is 99.0 cm³/mol. The van der Waals surface area contributed by atoms with Crippen molar-refractivity contribution >= 4 is 28.5 Å². The Bertz CT molecular complexity index is 1020. The van der Waals surface area contributed by atoms with Gasteiger partial charge in [0.25, 0.3) is 0 Å². The first-order valence-electron chi connectivity index (χ1n) is 7.78. The SMILES string of the molecule is C=CCn1cc(/C=C(/C#N)c2ccc(C(=O)O)cc2)c2ccccc21. The molecule has 122 valence electrons. The Balaban J connectivity index is 2.08. The van der Waals surface area contributed by atoms with E-state index < -0.39 is 5.97 Å². The molecule has 4 nitrogen and oxygen atoms in total. The van der Waals surface area contributed by atoms with E-state index in [0.717, 1.165) is 16.5 Å². The molecule has 1 N–H and O–H groups in total. The lowest BCUT2D eigenvalue weighted by Gasteiger charge is -2.00. The molecule has 0 fully saturated rings. The smallest absolute Gasteiger partial charge is 0.335 e. The fraction of sp³-hybridized carbons (Fsp3) is 0.0476. The van der Waals surface area contributed by atoms with Crippen molar-refractivity contribution in [1.82, 2.24) is 4.57 Å². The summed E-state index contributed by atoms with van der Waals surface area (Å²) >= 11 is 0. The second-order valence-corrected chi connectivity index (χ2v) is 5.59. The standard InChI is InChI=1S/C21H16N2O2/c1-2-11-23-14-18(19-5-3-4-6-20(19)23)12-17(13-22)15-7-9-16(10-8-15)21(24)25/h2-10,12,14H,1,11H2,(H,24,25)/b17-12-. The Kier molecular flexibility index (Phi) is 4.49. The summed E-state index contributed by atoms with van der Waals surface area (Å²) in [6, 6.07) is 16.5. The number of para-hydroxylation sites is 1. The van der Waals surface area contributed by atoms with E-state index in [2.05, 4.69) is 17.2 Å². The minimum atomic E-state index is -0.985. The van der Waals surface area contributed by atoms with Gasteiger partial charge in [-0.05, 0) is 29.8 Å². The maximum absolute atomic E-state index is 11.0. The summed E-state index contributed by atoms with van der Waals surface area (Å²) in [7, 11) is 0. The van der Waals surface area contributed by atoms with Gasteiger partial charge in [-0.25, -0.2) is 4.79 Å². The molecule has 0 spiro atoms. The lowest BCUT2D eigenvalue weighted by atomic mass is 10.0. The number of aromatic carboxylic acids is 1. The van der Waals surface area contributed by atoms with Gasteiger partial charge in [-0.15, -0.1) is 6.58 Å². The van der Waals surface area contributed by atoms with E-state index in [4.69, 9.17) is 5.11 Å². The number of aromatic nitrogens is 1. The molecule has 2 aromatic carbocycles. The Hall–Kier alpha value is -3.58. The third kappa shape index (κ3) is 3.22. The van der Waals surface area contributed by atoms with Crippen LogP contribution in [0.5, 0.6) is 0 Å². The number of hydrogen-bond donors (Lipinski definition) is 1. The van der Waals surface area contributed by atoms with Crippen LogP contribution in [0.2, 0.25) is 0 Å². The summed E-state index contributed by atoms with van der Waals surface area (Å²) in [5.41, 5.74) is 3.39. The summed E-state index contributed by atoms with van der Waals surface area (Å²) in [4.78, 5) is 11.0. The molecule has 0 amide bonds. The number of allylic oxidation sites excluding steroid dienone is 2. The minimum absolute atomic E-state index is 0.198. The van der Waals surface area contributed by atoms with Crippen LogP contribution in [-0.2, 0) is 6.54 Å². The van der Waals surface area contributed by atoms with Crippen molar-refractivity contribution < 1.29 is 9.90 Å². The molecule has 0 atom stereocenters. The second-order valence-electron chi connectivity index (χ2n) is 5.59. The van der Waals surface area contributed by atoms with Gasteiger partial charge in [0.2, 0.25) is 0 Å². The Labute approximate surface area is 145 Å². The third-order valence-electron chi connectivity index (χ3n) is 4.01. The van der Waals surface area contributed by atoms with E-state index in [0.29, 0.717) is 17.7 Å². The predicted octanol–water partition coefficient (Wildman–Crippen LogP) is 4.59. The van der Waals surface area contributed by atoms with Crippen LogP contribution in [-0.4, -0.2) is 15.6 Å².